The number of rotatable bonds is 8. The number of benzene rings is 2. The van der Waals surface area contributed by atoms with E-state index in [0.29, 0.717) is 18.4 Å². The number of hydrogen-bond donors (Lipinski definition) is 2. The van der Waals surface area contributed by atoms with Crippen LogP contribution in [0.15, 0.2) is 36.4 Å². The second-order valence-electron chi connectivity index (χ2n) is 10.8. The lowest BCUT2D eigenvalue weighted by atomic mass is 9.88. The molecule has 2 aliphatic rings. The third-order valence-electron chi connectivity index (χ3n) is 8.50. The number of fused-ring (bicyclic) bond motifs is 1. The molecule has 1 unspecified atom stereocenters. The van der Waals surface area contributed by atoms with Crippen LogP contribution in [0.2, 0.25) is 0 Å². The van der Waals surface area contributed by atoms with Crippen molar-refractivity contribution in [2.24, 2.45) is 5.92 Å². The Bertz CT molecular complexity index is 1260. The van der Waals surface area contributed by atoms with Crippen LogP contribution in [-0.4, -0.2) is 79.3 Å². The Hall–Kier alpha value is -3.03. The summed E-state index contributed by atoms with van der Waals surface area (Å²) in [5.74, 6) is 2.45. The molecule has 38 heavy (non-hydrogen) atoms. The standard InChI is InChI=1S/C31H41N3O4/c1-4-25-26-16-23(7-9-27(26)32-31(25)24-8-10-28(37-2)29(17-24)38-3)22-11-14-34(15-12-22)30(36)19-33-13-5-6-21(18-33)20-35/h7-10,16-17,21-22,32,35H,4-6,11-15,18-20H2,1-3H3. The van der Waals surface area contributed by atoms with Gasteiger partial charge in [0.2, 0.25) is 5.91 Å². The molecule has 2 aromatic carbocycles. The highest BCUT2D eigenvalue weighted by Crippen LogP contribution is 2.38. The Labute approximate surface area is 225 Å². The van der Waals surface area contributed by atoms with Crippen molar-refractivity contribution in [1.29, 1.82) is 0 Å². The maximum absolute atomic E-state index is 13.0. The summed E-state index contributed by atoms with van der Waals surface area (Å²) in [7, 11) is 3.32. The molecular formula is C31H41N3O4. The molecule has 0 bridgehead atoms. The number of aliphatic hydroxyl groups is 1. The number of piperidine rings is 2. The molecule has 1 atom stereocenters. The first-order chi connectivity index (χ1) is 18.5. The minimum atomic E-state index is 0.219. The van der Waals surface area contributed by atoms with Crippen molar-refractivity contribution < 1.29 is 19.4 Å². The number of methoxy groups -OCH3 is 2. The first-order valence-corrected chi connectivity index (χ1v) is 14.0. The van der Waals surface area contributed by atoms with E-state index in [1.807, 2.05) is 17.0 Å². The Kier molecular flexibility index (Phi) is 8.24. The maximum Gasteiger partial charge on any atom is 0.236 e. The van der Waals surface area contributed by atoms with Crippen LogP contribution < -0.4 is 9.47 Å². The number of H-pyrrole nitrogens is 1. The van der Waals surface area contributed by atoms with Crippen LogP contribution >= 0.6 is 0 Å². The molecule has 3 aromatic rings. The van der Waals surface area contributed by atoms with Crippen LogP contribution in [0.25, 0.3) is 22.2 Å². The Morgan fingerprint density at radius 2 is 1.82 bits per heavy atom. The van der Waals surface area contributed by atoms with Gasteiger partial charge in [0, 0.05) is 48.4 Å². The summed E-state index contributed by atoms with van der Waals surface area (Å²) in [4.78, 5) is 20.9. The highest BCUT2D eigenvalue weighted by atomic mass is 16.5. The Balaban J connectivity index is 1.28. The summed E-state index contributed by atoms with van der Waals surface area (Å²) in [6, 6.07) is 12.9. The summed E-state index contributed by atoms with van der Waals surface area (Å²) >= 11 is 0. The molecule has 5 rings (SSSR count). The van der Waals surface area contributed by atoms with Crippen molar-refractivity contribution in [1.82, 2.24) is 14.8 Å². The quantitative estimate of drug-likeness (QED) is 0.446. The molecule has 2 fully saturated rings. The number of aliphatic hydroxyl groups excluding tert-OH is 1. The monoisotopic (exact) mass is 519 g/mol. The first kappa shape index (κ1) is 26.6. The number of carbonyl (C=O) groups excluding carboxylic acids is 1. The molecule has 0 saturated carbocycles. The van der Waals surface area contributed by atoms with E-state index >= 15 is 0 Å². The predicted molar refractivity (Wildman–Crippen MR) is 151 cm³/mol. The number of nitrogens with one attached hydrogen (secondary N) is 1. The SMILES string of the molecule is CCc1c(-c2ccc(OC)c(OC)c2)[nH]c2ccc(C3CCN(C(=O)CN4CCCC(CO)C4)CC3)cc12. The van der Waals surface area contributed by atoms with Crippen molar-refractivity contribution in [3.8, 4) is 22.8 Å². The normalized spacial score (nSPS) is 19.2. The molecule has 2 saturated heterocycles. The Morgan fingerprint density at radius 1 is 1.03 bits per heavy atom. The maximum atomic E-state index is 13.0. The van der Waals surface area contributed by atoms with Gasteiger partial charge in [0.1, 0.15) is 0 Å². The molecular weight excluding hydrogens is 478 g/mol. The fourth-order valence-electron chi connectivity index (χ4n) is 6.32. The summed E-state index contributed by atoms with van der Waals surface area (Å²) < 4.78 is 11.0. The highest BCUT2D eigenvalue weighted by molar-refractivity contribution is 5.91. The highest BCUT2D eigenvalue weighted by Gasteiger charge is 2.27. The molecule has 0 spiro atoms. The third-order valence-corrected chi connectivity index (χ3v) is 8.50. The number of hydrogen-bond acceptors (Lipinski definition) is 5. The smallest absolute Gasteiger partial charge is 0.236 e. The van der Waals surface area contributed by atoms with E-state index in [9.17, 15) is 9.90 Å². The van der Waals surface area contributed by atoms with Crippen molar-refractivity contribution in [2.75, 3.05) is 53.6 Å². The molecule has 7 heteroatoms. The van der Waals surface area contributed by atoms with Crippen LogP contribution in [0, 0.1) is 5.92 Å². The van der Waals surface area contributed by atoms with Crippen LogP contribution in [-0.2, 0) is 11.2 Å². The van der Waals surface area contributed by atoms with Gasteiger partial charge in [0.05, 0.1) is 20.8 Å². The average Bonchev–Trinajstić information content (AvgIpc) is 3.34. The zero-order valence-corrected chi connectivity index (χ0v) is 23.0. The molecule has 1 amide bonds. The van der Waals surface area contributed by atoms with E-state index < -0.39 is 0 Å². The van der Waals surface area contributed by atoms with Gasteiger partial charge >= 0.3 is 0 Å². The fourth-order valence-corrected chi connectivity index (χ4v) is 6.32. The van der Waals surface area contributed by atoms with Gasteiger partial charge in [-0.1, -0.05) is 13.0 Å². The van der Waals surface area contributed by atoms with E-state index in [0.717, 1.165) is 86.6 Å². The molecule has 2 N–H and O–H groups in total. The number of nitrogens with zero attached hydrogens (tertiary/aromatic N) is 2. The largest absolute Gasteiger partial charge is 0.493 e. The first-order valence-electron chi connectivity index (χ1n) is 14.0. The third kappa shape index (κ3) is 5.40. The summed E-state index contributed by atoms with van der Waals surface area (Å²) in [6.07, 6.45) is 5.03. The fraction of sp³-hybridized carbons (Fsp3) is 0.516. The van der Waals surface area contributed by atoms with Crippen LogP contribution in [0.1, 0.15) is 49.7 Å². The van der Waals surface area contributed by atoms with E-state index in [2.05, 4.69) is 41.1 Å². The number of ether oxygens (including phenoxy) is 2. The molecule has 0 radical (unpaired) electrons. The minimum absolute atomic E-state index is 0.219. The lowest BCUT2D eigenvalue weighted by Gasteiger charge is -2.36. The van der Waals surface area contributed by atoms with Crippen molar-refractivity contribution in [2.45, 2.75) is 44.9 Å². The summed E-state index contributed by atoms with van der Waals surface area (Å²) in [6.45, 7) is 6.31. The van der Waals surface area contributed by atoms with Crippen LogP contribution in [0.4, 0.5) is 0 Å². The van der Waals surface area contributed by atoms with Gasteiger partial charge in [-0.3, -0.25) is 9.69 Å². The number of amides is 1. The molecule has 204 valence electrons. The molecule has 0 aliphatic carbocycles. The van der Waals surface area contributed by atoms with Gasteiger partial charge in [-0.2, -0.15) is 0 Å². The number of carbonyl (C=O) groups is 1. The minimum Gasteiger partial charge on any atom is -0.493 e. The van der Waals surface area contributed by atoms with Crippen LogP contribution in [0.5, 0.6) is 11.5 Å². The number of likely N-dealkylation sites (tertiary alicyclic amines) is 2. The van der Waals surface area contributed by atoms with Gasteiger partial charge < -0.3 is 24.5 Å². The van der Waals surface area contributed by atoms with Gasteiger partial charge in [0.25, 0.3) is 0 Å². The number of aromatic nitrogens is 1. The zero-order valence-electron chi connectivity index (χ0n) is 23.0. The topological polar surface area (TPSA) is 78.0 Å². The number of aryl methyl sites for hydroxylation is 1. The second-order valence-corrected chi connectivity index (χ2v) is 10.8. The summed E-state index contributed by atoms with van der Waals surface area (Å²) in [5, 5.41) is 10.8. The van der Waals surface area contributed by atoms with E-state index in [1.165, 1.54) is 16.5 Å². The molecule has 7 nitrogen and oxygen atoms in total. The van der Waals surface area contributed by atoms with Gasteiger partial charge in [-0.25, -0.2) is 0 Å². The number of aromatic amines is 1. The molecule has 2 aliphatic heterocycles. The van der Waals surface area contributed by atoms with Crippen LogP contribution in [0.3, 0.4) is 0 Å². The lowest BCUT2D eigenvalue weighted by Crippen LogP contribution is -2.46. The lowest BCUT2D eigenvalue weighted by molar-refractivity contribution is -0.134. The average molecular weight is 520 g/mol. The predicted octanol–water partition coefficient (Wildman–Crippen LogP) is 4.82. The van der Waals surface area contributed by atoms with Gasteiger partial charge in [0.15, 0.2) is 11.5 Å². The molecule has 1 aromatic heterocycles. The second kappa shape index (κ2) is 11.8. The summed E-state index contributed by atoms with van der Waals surface area (Å²) in [5.41, 5.74) is 6.03. The van der Waals surface area contributed by atoms with E-state index in [4.69, 9.17) is 9.47 Å². The van der Waals surface area contributed by atoms with E-state index in [-0.39, 0.29) is 12.5 Å². The van der Waals surface area contributed by atoms with E-state index in [1.54, 1.807) is 14.2 Å². The molecule has 3 heterocycles. The van der Waals surface area contributed by atoms with Gasteiger partial charge in [-0.05, 0) is 91.9 Å². The van der Waals surface area contributed by atoms with Crippen molar-refractivity contribution in [3.05, 3.63) is 47.5 Å². The Morgan fingerprint density at radius 3 is 2.53 bits per heavy atom. The van der Waals surface area contributed by atoms with Crippen molar-refractivity contribution in [3.63, 3.8) is 0 Å². The van der Waals surface area contributed by atoms with Gasteiger partial charge in [-0.15, -0.1) is 0 Å². The van der Waals surface area contributed by atoms with Crippen molar-refractivity contribution >= 4 is 16.8 Å². The zero-order chi connectivity index (χ0) is 26.6.